The summed E-state index contributed by atoms with van der Waals surface area (Å²) in [5, 5.41) is 0. The van der Waals surface area contributed by atoms with Crippen molar-refractivity contribution in [1.29, 1.82) is 0 Å². The third-order valence-electron chi connectivity index (χ3n) is 4.09. The van der Waals surface area contributed by atoms with E-state index in [1.54, 1.807) is 4.90 Å². The molecule has 30 heavy (non-hydrogen) atoms. The maximum absolute atomic E-state index is 13.5. The number of morpholine rings is 1. The Labute approximate surface area is 161 Å². The number of hydrogen-bond acceptors (Lipinski definition) is 4. The minimum absolute atomic E-state index is 0.126. The fourth-order valence-electron chi connectivity index (χ4n) is 2.18. The number of nitrogens with zero attached hydrogens (tertiary/aromatic N) is 1. The molecule has 16 heteroatoms. The molecule has 0 amide bonds. The smallest absolute Gasteiger partial charge is 0.384 e. The molecule has 0 N–H and O–H groups in total. The molecule has 1 aliphatic rings. The molecule has 178 valence electrons. The lowest BCUT2D eigenvalue weighted by molar-refractivity contribution is -0.414. The van der Waals surface area contributed by atoms with Crippen molar-refractivity contribution in [2.24, 2.45) is 0 Å². The summed E-state index contributed by atoms with van der Waals surface area (Å²) in [6, 6.07) is 0. The highest BCUT2D eigenvalue weighted by Crippen LogP contribution is 2.58. The summed E-state index contributed by atoms with van der Waals surface area (Å²) in [5.74, 6) is -37.5. The Morgan fingerprint density at radius 1 is 0.867 bits per heavy atom. The Hall–Kier alpha value is -1.45. The quantitative estimate of drug-likeness (QED) is 0.359. The largest absolute Gasteiger partial charge is 0.459 e. The van der Waals surface area contributed by atoms with Crippen LogP contribution in [0.15, 0.2) is 0 Å². The molecule has 0 spiro atoms. The van der Waals surface area contributed by atoms with Crippen molar-refractivity contribution in [1.82, 2.24) is 4.90 Å². The lowest BCUT2D eigenvalue weighted by Gasteiger charge is -2.38. The number of esters is 1. The van der Waals surface area contributed by atoms with E-state index in [-0.39, 0.29) is 19.8 Å². The molecule has 1 heterocycles. The van der Waals surface area contributed by atoms with E-state index in [9.17, 15) is 57.5 Å². The zero-order chi connectivity index (χ0) is 23.6. The monoisotopic (exact) mass is 473 g/mol. The summed E-state index contributed by atoms with van der Waals surface area (Å²) < 4.78 is 164. The minimum atomic E-state index is -7.64. The number of alkyl halides is 12. The van der Waals surface area contributed by atoms with Gasteiger partial charge in [-0.15, -0.1) is 0 Å². The standard InChI is InChI=1S/C14H15F12NO3/c15-9(16)11(19,20)13(23,24)14(25,26)12(21,22)10(17,18)7-30-8(28)1-2-27-3-5-29-6-4-27/h9H,1-7H2. The van der Waals surface area contributed by atoms with Gasteiger partial charge in [-0.1, -0.05) is 0 Å². The summed E-state index contributed by atoms with van der Waals surface area (Å²) in [7, 11) is 0. The highest BCUT2D eigenvalue weighted by molar-refractivity contribution is 5.69. The van der Waals surface area contributed by atoms with Gasteiger partial charge >= 0.3 is 42.0 Å². The second-order valence-electron chi connectivity index (χ2n) is 6.22. The van der Waals surface area contributed by atoms with Gasteiger partial charge in [0.1, 0.15) is 0 Å². The van der Waals surface area contributed by atoms with E-state index in [1.165, 1.54) is 0 Å². The molecule has 0 aromatic heterocycles. The third kappa shape index (κ3) is 4.89. The van der Waals surface area contributed by atoms with E-state index in [2.05, 4.69) is 4.74 Å². The van der Waals surface area contributed by atoms with Gasteiger partial charge in [0.25, 0.3) is 0 Å². The highest BCUT2D eigenvalue weighted by atomic mass is 19.4. The first kappa shape index (κ1) is 26.6. The van der Waals surface area contributed by atoms with Gasteiger partial charge in [0.15, 0.2) is 6.61 Å². The Morgan fingerprint density at radius 2 is 1.37 bits per heavy atom. The van der Waals surface area contributed by atoms with Crippen LogP contribution < -0.4 is 0 Å². The SMILES string of the molecule is O=C(CCN1CCOCC1)OCC(F)(F)C(F)(F)C(F)(F)C(F)(F)C(F)(F)C(F)F. The Balaban J connectivity index is 2.85. The van der Waals surface area contributed by atoms with Crippen molar-refractivity contribution >= 4 is 5.97 Å². The first-order chi connectivity index (χ1) is 13.4. The summed E-state index contributed by atoms with van der Waals surface area (Å²) in [4.78, 5) is 12.9. The number of carbonyl (C=O) groups is 1. The van der Waals surface area contributed by atoms with E-state index in [4.69, 9.17) is 4.74 Å². The molecule has 0 aliphatic carbocycles. The topological polar surface area (TPSA) is 38.8 Å². The molecule has 1 saturated heterocycles. The van der Waals surface area contributed by atoms with Crippen molar-refractivity contribution in [3.63, 3.8) is 0 Å². The summed E-state index contributed by atoms with van der Waals surface area (Å²) in [6.45, 7) is -1.83. The Bertz CT molecular complexity index is 593. The lowest BCUT2D eigenvalue weighted by Crippen LogP contribution is -2.69. The average molecular weight is 473 g/mol. The fraction of sp³-hybridized carbons (Fsp3) is 0.929. The molecule has 0 saturated carbocycles. The number of rotatable bonds is 10. The van der Waals surface area contributed by atoms with Crippen LogP contribution in [0.5, 0.6) is 0 Å². The van der Waals surface area contributed by atoms with Gasteiger partial charge in [0.05, 0.1) is 19.6 Å². The predicted molar refractivity (Wildman–Crippen MR) is 73.6 cm³/mol. The van der Waals surface area contributed by atoms with Crippen LogP contribution in [0.1, 0.15) is 6.42 Å². The molecule has 4 nitrogen and oxygen atoms in total. The highest BCUT2D eigenvalue weighted by Gasteiger charge is 2.87. The van der Waals surface area contributed by atoms with Gasteiger partial charge in [-0.3, -0.25) is 9.69 Å². The molecular formula is C14H15F12NO3. The van der Waals surface area contributed by atoms with Crippen LogP contribution in [0.4, 0.5) is 52.7 Å². The second-order valence-corrected chi connectivity index (χ2v) is 6.22. The molecule has 0 atom stereocenters. The summed E-state index contributed by atoms with van der Waals surface area (Å²) in [5.41, 5.74) is 0. The zero-order valence-corrected chi connectivity index (χ0v) is 14.7. The minimum Gasteiger partial charge on any atom is -0.459 e. The molecule has 0 radical (unpaired) electrons. The zero-order valence-electron chi connectivity index (χ0n) is 14.7. The van der Waals surface area contributed by atoms with Crippen LogP contribution in [-0.4, -0.2) is 86.4 Å². The van der Waals surface area contributed by atoms with Gasteiger partial charge in [0, 0.05) is 19.6 Å². The van der Waals surface area contributed by atoms with Gasteiger partial charge in [0.2, 0.25) is 0 Å². The van der Waals surface area contributed by atoms with Crippen LogP contribution in [-0.2, 0) is 14.3 Å². The van der Waals surface area contributed by atoms with Crippen molar-refractivity contribution < 1.29 is 67.0 Å². The van der Waals surface area contributed by atoms with Crippen molar-refractivity contribution in [2.75, 3.05) is 39.5 Å². The van der Waals surface area contributed by atoms with Crippen LogP contribution in [0.2, 0.25) is 0 Å². The molecule has 0 unspecified atom stereocenters. The predicted octanol–water partition coefficient (Wildman–Crippen LogP) is 3.69. The number of halogens is 12. The maximum Gasteiger partial charge on any atom is 0.384 e. The van der Waals surface area contributed by atoms with E-state index >= 15 is 0 Å². The first-order valence-corrected chi connectivity index (χ1v) is 8.04. The van der Waals surface area contributed by atoms with E-state index in [0.29, 0.717) is 13.1 Å². The Morgan fingerprint density at radius 3 is 1.83 bits per heavy atom. The van der Waals surface area contributed by atoms with Gasteiger partial charge in [-0.25, -0.2) is 8.78 Å². The van der Waals surface area contributed by atoms with E-state index in [0.717, 1.165) is 0 Å². The van der Waals surface area contributed by atoms with Crippen LogP contribution >= 0.6 is 0 Å². The van der Waals surface area contributed by atoms with Gasteiger partial charge in [-0.05, 0) is 0 Å². The fourth-order valence-corrected chi connectivity index (χ4v) is 2.18. The number of ether oxygens (including phenoxy) is 2. The maximum atomic E-state index is 13.5. The van der Waals surface area contributed by atoms with Crippen LogP contribution in [0, 0.1) is 0 Å². The summed E-state index contributed by atoms with van der Waals surface area (Å²) in [6.07, 6.45) is -6.25. The van der Waals surface area contributed by atoms with Gasteiger partial charge in [-0.2, -0.15) is 43.9 Å². The molecule has 0 bridgehead atoms. The second kappa shape index (κ2) is 8.96. The lowest BCUT2D eigenvalue weighted by atomic mass is 9.94. The van der Waals surface area contributed by atoms with Crippen molar-refractivity contribution in [3.8, 4) is 0 Å². The van der Waals surface area contributed by atoms with Gasteiger partial charge < -0.3 is 9.47 Å². The molecular weight excluding hydrogens is 458 g/mol. The molecule has 1 fully saturated rings. The van der Waals surface area contributed by atoms with Crippen LogP contribution in [0.3, 0.4) is 0 Å². The van der Waals surface area contributed by atoms with E-state index in [1.807, 2.05) is 0 Å². The molecule has 1 rings (SSSR count). The van der Waals surface area contributed by atoms with Crippen LogP contribution in [0.25, 0.3) is 0 Å². The normalized spacial score (nSPS) is 18.0. The molecule has 1 aliphatic heterocycles. The third-order valence-corrected chi connectivity index (χ3v) is 4.09. The number of carbonyl (C=O) groups excluding carboxylic acids is 1. The van der Waals surface area contributed by atoms with Crippen molar-refractivity contribution in [3.05, 3.63) is 0 Å². The molecule has 0 aromatic rings. The molecule has 0 aromatic carbocycles. The first-order valence-electron chi connectivity index (χ1n) is 8.04. The average Bonchev–Trinajstić information content (AvgIpc) is 2.64. The Kier molecular flexibility index (Phi) is 7.94. The number of hydrogen-bond donors (Lipinski definition) is 0. The summed E-state index contributed by atoms with van der Waals surface area (Å²) >= 11 is 0. The van der Waals surface area contributed by atoms with Crippen molar-refractivity contribution in [2.45, 2.75) is 42.5 Å². The van der Waals surface area contributed by atoms with E-state index < -0.39 is 55.0 Å².